The molecule has 0 aliphatic carbocycles. The predicted octanol–water partition coefficient (Wildman–Crippen LogP) is 1.94. The highest BCUT2D eigenvalue weighted by Crippen LogP contribution is 2.12. The van der Waals surface area contributed by atoms with E-state index in [1.807, 2.05) is 31.8 Å². The van der Waals surface area contributed by atoms with E-state index in [1.54, 1.807) is 6.20 Å². The van der Waals surface area contributed by atoms with E-state index in [0.29, 0.717) is 11.7 Å². The van der Waals surface area contributed by atoms with Crippen molar-refractivity contribution in [2.75, 3.05) is 0 Å². The number of nitrogens with zero attached hydrogens (tertiary/aromatic N) is 4. The second-order valence-electron chi connectivity index (χ2n) is 3.60. The molecular formula is C10H13ClN4. The van der Waals surface area contributed by atoms with E-state index in [9.17, 15) is 0 Å². The van der Waals surface area contributed by atoms with Crippen LogP contribution in [0.5, 0.6) is 0 Å². The number of rotatable bonds is 2. The molecule has 5 heteroatoms. The van der Waals surface area contributed by atoms with Gasteiger partial charge < -0.3 is 9.13 Å². The minimum absolute atomic E-state index is 0.652. The Morgan fingerprint density at radius 3 is 2.53 bits per heavy atom. The third-order valence-electron chi connectivity index (χ3n) is 2.68. The van der Waals surface area contributed by atoms with E-state index in [0.717, 1.165) is 17.2 Å². The molecule has 4 nitrogen and oxygen atoms in total. The van der Waals surface area contributed by atoms with Crippen LogP contribution in [-0.4, -0.2) is 19.1 Å². The van der Waals surface area contributed by atoms with Crippen molar-refractivity contribution >= 4 is 11.6 Å². The van der Waals surface area contributed by atoms with Gasteiger partial charge in [-0.3, -0.25) is 0 Å². The Hall–Kier alpha value is -1.29. The van der Waals surface area contributed by atoms with Gasteiger partial charge in [0.2, 0.25) is 0 Å². The summed E-state index contributed by atoms with van der Waals surface area (Å²) >= 11 is 5.92. The molecule has 0 saturated carbocycles. The van der Waals surface area contributed by atoms with Crippen molar-refractivity contribution in [2.24, 2.45) is 7.05 Å². The highest BCUT2D eigenvalue weighted by molar-refractivity contribution is 6.29. The van der Waals surface area contributed by atoms with Crippen LogP contribution >= 0.6 is 11.6 Å². The van der Waals surface area contributed by atoms with Crippen LogP contribution in [0, 0.1) is 13.8 Å². The molecule has 0 fully saturated rings. The van der Waals surface area contributed by atoms with Gasteiger partial charge in [0.15, 0.2) is 0 Å². The summed E-state index contributed by atoms with van der Waals surface area (Å²) < 4.78 is 3.93. The van der Waals surface area contributed by atoms with Gasteiger partial charge in [-0.15, -0.1) is 0 Å². The number of halogens is 1. The average molecular weight is 225 g/mol. The zero-order chi connectivity index (χ0) is 11.0. The van der Waals surface area contributed by atoms with E-state index in [-0.39, 0.29) is 0 Å². The van der Waals surface area contributed by atoms with Gasteiger partial charge in [-0.25, -0.2) is 9.97 Å². The fourth-order valence-corrected chi connectivity index (χ4v) is 1.57. The minimum atomic E-state index is 0.652. The van der Waals surface area contributed by atoms with Gasteiger partial charge in [0, 0.05) is 12.7 Å². The van der Waals surface area contributed by atoms with Crippen molar-refractivity contribution < 1.29 is 0 Å². The Morgan fingerprint density at radius 1 is 1.33 bits per heavy atom. The summed E-state index contributed by atoms with van der Waals surface area (Å²) in [7, 11) is 1.91. The van der Waals surface area contributed by atoms with Crippen LogP contribution in [-0.2, 0) is 13.6 Å². The Bertz CT molecular complexity index is 439. The van der Waals surface area contributed by atoms with Crippen molar-refractivity contribution in [3.8, 4) is 0 Å². The van der Waals surface area contributed by atoms with Crippen molar-refractivity contribution in [1.29, 1.82) is 0 Å². The van der Waals surface area contributed by atoms with Crippen molar-refractivity contribution in [1.82, 2.24) is 19.1 Å². The van der Waals surface area contributed by atoms with Crippen LogP contribution < -0.4 is 0 Å². The van der Waals surface area contributed by atoms with Crippen LogP contribution in [0.3, 0.4) is 0 Å². The number of imidazole rings is 2. The molecule has 0 aliphatic heterocycles. The Balaban J connectivity index is 2.29. The van der Waals surface area contributed by atoms with Gasteiger partial charge in [0.1, 0.15) is 11.0 Å². The lowest BCUT2D eigenvalue weighted by atomic mass is 10.4. The fourth-order valence-electron chi connectivity index (χ4n) is 1.43. The van der Waals surface area contributed by atoms with Gasteiger partial charge in [-0.2, -0.15) is 0 Å². The summed E-state index contributed by atoms with van der Waals surface area (Å²) in [5.41, 5.74) is 2.21. The molecule has 2 rings (SSSR count). The first-order valence-electron chi connectivity index (χ1n) is 4.74. The van der Waals surface area contributed by atoms with Crippen LogP contribution in [0.4, 0.5) is 0 Å². The van der Waals surface area contributed by atoms with Gasteiger partial charge in [0.25, 0.3) is 0 Å². The monoisotopic (exact) mass is 224 g/mol. The molecule has 80 valence electrons. The summed E-state index contributed by atoms with van der Waals surface area (Å²) in [6.45, 7) is 4.75. The van der Waals surface area contributed by atoms with Crippen LogP contribution in [0.15, 0.2) is 12.5 Å². The molecule has 2 heterocycles. The molecule has 0 spiro atoms. The molecule has 2 aromatic rings. The molecule has 15 heavy (non-hydrogen) atoms. The molecule has 0 unspecified atom stereocenters. The van der Waals surface area contributed by atoms with Gasteiger partial charge in [-0.1, -0.05) is 11.6 Å². The molecule has 2 aromatic heterocycles. The van der Waals surface area contributed by atoms with Crippen molar-refractivity contribution in [3.05, 3.63) is 34.9 Å². The quantitative estimate of drug-likeness (QED) is 0.782. The highest BCUT2D eigenvalue weighted by atomic mass is 35.5. The summed E-state index contributed by atoms with van der Waals surface area (Å²) in [6.07, 6.45) is 3.49. The third kappa shape index (κ3) is 1.77. The molecule has 0 atom stereocenters. The predicted molar refractivity (Wildman–Crippen MR) is 59.0 cm³/mol. The smallest absolute Gasteiger partial charge is 0.129 e. The molecule has 0 saturated heterocycles. The lowest BCUT2D eigenvalue weighted by Gasteiger charge is -2.05. The third-order valence-corrected chi connectivity index (χ3v) is 3.04. The minimum Gasteiger partial charge on any atom is -0.327 e. The Kier molecular flexibility index (Phi) is 2.52. The molecule has 0 amide bonds. The van der Waals surface area contributed by atoms with E-state index in [4.69, 9.17) is 11.6 Å². The molecule has 0 aliphatic rings. The standard InChI is InChI=1S/C10H13ClN4/c1-7-8(2)15(6-13-7)5-10-12-4-9(11)14(10)3/h4,6H,5H2,1-3H3. The molecular weight excluding hydrogens is 212 g/mol. The SMILES string of the molecule is Cc1ncn(Cc2ncc(Cl)n2C)c1C. The van der Waals surface area contributed by atoms with Gasteiger partial charge in [-0.05, 0) is 13.8 Å². The zero-order valence-corrected chi connectivity index (χ0v) is 9.78. The summed E-state index contributed by atoms with van der Waals surface area (Å²) in [5.74, 6) is 0.931. The Labute approximate surface area is 93.5 Å². The first-order valence-corrected chi connectivity index (χ1v) is 5.12. The first-order chi connectivity index (χ1) is 7.09. The van der Waals surface area contributed by atoms with Gasteiger partial charge >= 0.3 is 0 Å². The zero-order valence-electron chi connectivity index (χ0n) is 9.03. The molecule has 0 radical (unpaired) electrons. The van der Waals surface area contributed by atoms with Crippen molar-refractivity contribution in [2.45, 2.75) is 20.4 Å². The first kappa shape index (κ1) is 10.2. The summed E-state index contributed by atoms with van der Waals surface area (Å²) in [6, 6.07) is 0. The van der Waals surface area contributed by atoms with E-state index >= 15 is 0 Å². The number of hydrogen-bond acceptors (Lipinski definition) is 2. The number of aromatic nitrogens is 4. The summed E-state index contributed by atoms with van der Waals surface area (Å²) in [4.78, 5) is 8.49. The largest absolute Gasteiger partial charge is 0.327 e. The average Bonchev–Trinajstić information content (AvgIpc) is 2.68. The second kappa shape index (κ2) is 3.70. The van der Waals surface area contributed by atoms with E-state index in [1.165, 1.54) is 0 Å². The molecule has 0 aromatic carbocycles. The van der Waals surface area contributed by atoms with E-state index < -0.39 is 0 Å². The fraction of sp³-hybridized carbons (Fsp3) is 0.400. The normalized spacial score (nSPS) is 10.9. The topological polar surface area (TPSA) is 35.6 Å². The lowest BCUT2D eigenvalue weighted by Crippen LogP contribution is -2.06. The maximum absolute atomic E-state index is 5.92. The molecule has 0 bridgehead atoms. The van der Waals surface area contributed by atoms with Crippen LogP contribution in [0.25, 0.3) is 0 Å². The van der Waals surface area contributed by atoms with Crippen molar-refractivity contribution in [3.63, 3.8) is 0 Å². The van der Waals surface area contributed by atoms with Gasteiger partial charge in [0.05, 0.1) is 24.8 Å². The second-order valence-corrected chi connectivity index (χ2v) is 3.99. The lowest BCUT2D eigenvalue weighted by molar-refractivity contribution is 0.685. The maximum Gasteiger partial charge on any atom is 0.129 e. The maximum atomic E-state index is 5.92. The summed E-state index contributed by atoms with van der Waals surface area (Å²) in [5, 5.41) is 0.652. The number of hydrogen-bond donors (Lipinski definition) is 0. The molecule has 0 N–H and O–H groups in total. The number of aryl methyl sites for hydroxylation is 1. The van der Waals surface area contributed by atoms with E-state index in [2.05, 4.69) is 14.5 Å². The Morgan fingerprint density at radius 2 is 2.07 bits per heavy atom. The van der Waals surface area contributed by atoms with Crippen LogP contribution in [0.1, 0.15) is 17.2 Å². The van der Waals surface area contributed by atoms with Crippen LogP contribution in [0.2, 0.25) is 5.15 Å². The highest BCUT2D eigenvalue weighted by Gasteiger charge is 2.07.